The minimum Gasteiger partial charge on any atom is -0.391 e. The number of allylic oxidation sites excluding steroid dienone is 2. The van der Waals surface area contributed by atoms with Gasteiger partial charge in [-0.1, -0.05) is 116 Å². The molecule has 0 radical (unpaired) electrons. The van der Waals surface area contributed by atoms with Gasteiger partial charge in [-0.2, -0.15) is 0 Å². The van der Waals surface area contributed by atoms with E-state index in [1.165, 1.54) is 82.7 Å². The molecule has 0 unspecified atom stereocenters. The summed E-state index contributed by atoms with van der Waals surface area (Å²) >= 11 is 0. The first-order chi connectivity index (χ1) is 41.5. The molecule has 90 heavy (non-hydrogen) atoms. The van der Waals surface area contributed by atoms with Crippen molar-refractivity contribution in [3.63, 3.8) is 0 Å². The SMILES string of the molecule is CC=CC[C@@H](C)[C@@H](O)[C@H]1C(=O)N[C@@H]([C@@H](C)O)C(=O)N(C)[C@H](CC(C)C)C(=O)N(C)[C@@H](CC(C)C)C(=O)N[C@@H](CC(C)C)C(=O)N(C)[C@@H](CC(C)C)C(=O)N[C@@H](C)C(=O)N[C@H](C)C(=O)N(C)[C@@H](CC(C)C)C(=O)N[C@@H](CC(C)C)C(=O)N(C)[C@@H](C(C)C)C(=O)N1C. The van der Waals surface area contributed by atoms with Crippen molar-refractivity contribution in [2.75, 3.05) is 42.3 Å². The van der Waals surface area contributed by atoms with E-state index in [1.54, 1.807) is 39.8 Å². The summed E-state index contributed by atoms with van der Waals surface area (Å²) in [6.45, 7) is 33.2. The molecule has 1 rings (SSSR count). The zero-order valence-corrected chi connectivity index (χ0v) is 59.3. The third-order valence-electron chi connectivity index (χ3n) is 16.7. The molecule has 0 aromatic heterocycles. The highest BCUT2D eigenvalue weighted by Gasteiger charge is 2.46. The van der Waals surface area contributed by atoms with E-state index in [4.69, 9.17) is 0 Å². The van der Waals surface area contributed by atoms with Gasteiger partial charge in [-0.3, -0.25) is 52.7 Å². The second-order valence-electron chi connectivity index (χ2n) is 28.3. The van der Waals surface area contributed by atoms with Crippen LogP contribution in [0.25, 0.3) is 0 Å². The minimum absolute atomic E-state index is 0.0546. The third kappa shape index (κ3) is 23.8. The number of likely N-dealkylation sites (N-methyl/N-ethyl adjacent to an activating group) is 6. The Morgan fingerprint density at radius 2 is 0.722 bits per heavy atom. The first-order valence-corrected chi connectivity index (χ1v) is 32.6. The van der Waals surface area contributed by atoms with Crippen LogP contribution < -0.4 is 26.6 Å². The molecule has 14 atom stereocenters. The summed E-state index contributed by atoms with van der Waals surface area (Å²) in [4.78, 5) is 169. The van der Waals surface area contributed by atoms with Crippen molar-refractivity contribution in [3.05, 3.63) is 12.2 Å². The number of nitrogens with one attached hydrogen (secondary N) is 5. The number of aliphatic hydroxyl groups excluding tert-OH is 2. The minimum atomic E-state index is -1.77. The van der Waals surface area contributed by atoms with Gasteiger partial charge >= 0.3 is 0 Å². The van der Waals surface area contributed by atoms with E-state index in [1.807, 2.05) is 83.1 Å². The Morgan fingerprint density at radius 1 is 0.378 bits per heavy atom. The standard InChI is InChI=1S/C66H119N11O13/c1-26-27-28-42(16)55(79)54-60(84)71-52(45(19)78)65(89)75(23)51(34-40(12)13)64(88)74(22)50(33-39(10)11)59(83)69-46(29-35(2)3)62(86)73(21)48(31-37(6)7)57(81)67-43(17)56(80)68-44(18)61(85)72(20)49(32-38(8)9)58(82)70-47(30-36(4)5)63(87)76(24)53(41(14)15)66(90)77(54)25/h26-27,35-55,78-79H,28-34H2,1-25H3,(H,67,81)(H,68,80)(H,69,83)(H,70,82)(H,71,84)/t42-,43+,44-,45-,46+,47+,48+,49+,50+,51-,52+,53+,54+,55-/m1/s1. The summed E-state index contributed by atoms with van der Waals surface area (Å²) in [5.74, 6) is -10.6. The van der Waals surface area contributed by atoms with E-state index in [2.05, 4.69) is 26.6 Å². The van der Waals surface area contributed by atoms with E-state index in [-0.39, 0.29) is 80.5 Å². The molecule has 1 aliphatic heterocycles. The molecule has 24 nitrogen and oxygen atoms in total. The van der Waals surface area contributed by atoms with Crippen LogP contribution in [0.2, 0.25) is 0 Å². The lowest BCUT2D eigenvalue weighted by molar-refractivity contribution is -0.155. The van der Waals surface area contributed by atoms with Crippen LogP contribution in [0, 0.1) is 47.3 Å². The van der Waals surface area contributed by atoms with Gasteiger partial charge < -0.3 is 66.2 Å². The normalized spacial score (nSPS) is 27.2. The van der Waals surface area contributed by atoms with Gasteiger partial charge in [0.15, 0.2) is 0 Å². The van der Waals surface area contributed by atoms with Crippen LogP contribution in [0.3, 0.4) is 0 Å². The lowest BCUT2D eigenvalue weighted by Crippen LogP contribution is -2.65. The number of carbonyl (C=O) groups is 11. The zero-order chi connectivity index (χ0) is 69.8. The maximum Gasteiger partial charge on any atom is 0.248 e. The van der Waals surface area contributed by atoms with Crippen molar-refractivity contribution in [3.8, 4) is 0 Å². The molecule has 0 bridgehead atoms. The molecule has 24 heteroatoms. The maximum atomic E-state index is 15.2. The van der Waals surface area contributed by atoms with E-state index in [0.717, 1.165) is 9.80 Å². The average molecular weight is 1270 g/mol. The van der Waals surface area contributed by atoms with Gasteiger partial charge in [0, 0.05) is 42.3 Å². The Morgan fingerprint density at radius 3 is 1.11 bits per heavy atom. The molecular weight excluding hydrogens is 1150 g/mol. The highest BCUT2D eigenvalue weighted by atomic mass is 16.3. The molecule has 1 fully saturated rings. The van der Waals surface area contributed by atoms with E-state index in [9.17, 15) is 48.6 Å². The first-order valence-electron chi connectivity index (χ1n) is 32.6. The Balaban J connectivity index is 4.50. The Labute approximate surface area is 538 Å². The number of amides is 11. The van der Waals surface area contributed by atoms with Gasteiger partial charge in [0.25, 0.3) is 0 Å². The highest BCUT2D eigenvalue weighted by molar-refractivity contribution is 6.00. The van der Waals surface area contributed by atoms with Crippen LogP contribution in [0.1, 0.15) is 176 Å². The molecule has 516 valence electrons. The second kappa shape index (κ2) is 37.4. The van der Waals surface area contributed by atoms with E-state index < -0.39 is 155 Å². The third-order valence-corrected chi connectivity index (χ3v) is 16.7. The van der Waals surface area contributed by atoms with Crippen molar-refractivity contribution in [1.82, 2.24) is 56.0 Å². The fourth-order valence-electron chi connectivity index (χ4n) is 11.5. The van der Waals surface area contributed by atoms with Crippen molar-refractivity contribution >= 4 is 65.0 Å². The predicted octanol–water partition coefficient (Wildman–Crippen LogP) is 3.70. The van der Waals surface area contributed by atoms with Crippen molar-refractivity contribution < 1.29 is 63.0 Å². The van der Waals surface area contributed by atoms with Crippen LogP contribution >= 0.6 is 0 Å². The zero-order valence-electron chi connectivity index (χ0n) is 59.3. The predicted molar refractivity (Wildman–Crippen MR) is 348 cm³/mol. The van der Waals surface area contributed by atoms with Gasteiger partial charge in [-0.05, 0) is 120 Å². The van der Waals surface area contributed by atoms with Gasteiger partial charge in [0.05, 0.1) is 12.2 Å². The lowest BCUT2D eigenvalue weighted by Gasteiger charge is -2.40. The van der Waals surface area contributed by atoms with Crippen molar-refractivity contribution in [2.24, 2.45) is 47.3 Å². The van der Waals surface area contributed by atoms with Crippen LogP contribution in [0.4, 0.5) is 0 Å². The summed E-state index contributed by atoms with van der Waals surface area (Å²) in [7, 11) is 8.31. The molecule has 0 aromatic carbocycles. The molecule has 0 saturated carbocycles. The van der Waals surface area contributed by atoms with Gasteiger partial charge in [-0.25, -0.2) is 0 Å². The first kappa shape index (κ1) is 81.8. The molecule has 0 aromatic rings. The summed E-state index contributed by atoms with van der Waals surface area (Å²) in [5, 5.41) is 37.4. The van der Waals surface area contributed by atoms with Crippen molar-refractivity contribution in [2.45, 2.75) is 255 Å². The molecule has 1 saturated heterocycles. The maximum absolute atomic E-state index is 15.2. The number of hydrogen-bond acceptors (Lipinski definition) is 13. The Bertz CT molecular complexity index is 2450. The molecular formula is C66H119N11O13. The summed E-state index contributed by atoms with van der Waals surface area (Å²) in [5.41, 5.74) is 0. The van der Waals surface area contributed by atoms with Gasteiger partial charge in [0.1, 0.15) is 66.5 Å². The number of rotatable bonds is 18. The lowest BCUT2D eigenvalue weighted by atomic mass is 9.91. The van der Waals surface area contributed by atoms with Gasteiger partial charge in [-0.15, -0.1) is 0 Å². The smallest absolute Gasteiger partial charge is 0.248 e. The monoisotopic (exact) mass is 1270 g/mol. The molecule has 1 heterocycles. The van der Waals surface area contributed by atoms with Crippen LogP contribution in [-0.4, -0.2) is 226 Å². The van der Waals surface area contributed by atoms with Crippen molar-refractivity contribution in [1.29, 1.82) is 0 Å². The largest absolute Gasteiger partial charge is 0.391 e. The average Bonchev–Trinajstić information content (AvgIpc) is 0.877. The van der Waals surface area contributed by atoms with E-state index >= 15 is 14.4 Å². The number of hydrogen-bond donors (Lipinski definition) is 7. The van der Waals surface area contributed by atoms with Crippen LogP contribution in [0.15, 0.2) is 12.2 Å². The number of carbonyl (C=O) groups excluding carboxylic acids is 11. The van der Waals surface area contributed by atoms with Gasteiger partial charge in [0.2, 0.25) is 65.0 Å². The van der Waals surface area contributed by atoms with Crippen LogP contribution in [0.5, 0.6) is 0 Å². The van der Waals surface area contributed by atoms with E-state index in [0.29, 0.717) is 0 Å². The molecule has 0 aliphatic carbocycles. The Hall–Kier alpha value is -6.17. The highest BCUT2D eigenvalue weighted by Crippen LogP contribution is 2.25. The fourth-order valence-corrected chi connectivity index (χ4v) is 11.5. The number of nitrogens with zero attached hydrogens (tertiary/aromatic N) is 6. The molecule has 7 N–H and O–H groups in total. The Kier molecular flexibility index (Phi) is 34.0. The second-order valence-corrected chi connectivity index (χ2v) is 28.3. The number of aliphatic hydroxyl groups is 2. The summed E-state index contributed by atoms with van der Waals surface area (Å²) in [6.07, 6.45) is 1.22. The summed E-state index contributed by atoms with van der Waals surface area (Å²) in [6, 6.07) is -14.6. The quantitative estimate of drug-likeness (QED) is 0.0965. The molecule has 11 amide bonds. The summed E-state index contributed by atoms with van der Waals surface area (Å²) < 4.78 is 0. The topological polar surface area (TPSA) is 308 Å². The fraction of sp³-hybridized carbons (Fsp3) is 0.803. The van der Waals surface area contributed by atoms with Crippen LogP contribution in [-0.2, 0) is 52.7 Å². The molecule has 1 aliphatic rings. The molecule has 0 spiro atoms.